The maximum Gasteiger partial charge on any atom is 0.0597 e. The van der Waals surface area contributed by atoms with E-state index in [0.29, 0.717) is 0 Å². The Labute approximate surface area is 129 Å². The molecule has 0 radical (unpaired) electrons. The molecule has 1 N–H and O–H groups in total. The van der Waals surface area contributed by atoms with Crippen LogP contribution in [-0.2, 0) is 13.1 Å². The lowest BCUT2D eigenvalue weighted by Gasteiger charge is -2.10. The van der Waals surface area contributed by atoms with Crippen molar-refractivity contribution in [3.8, 4) is 0 Å². The van der Waals surface area contributed by atoms with Gasteiger partial charge in [-0.15, -0.1) is 24.8 Å². The van der Waals surface area contributed by atoms with Crippen LogP contribution in [-0.4, -0.2) is 41.9 Å². The molecule has 19 heavy (non-hydrogen) atoms. The zero-order valence-electron chi connectivity index (χ0n) is 12.5. The highest BCUT2D eigenvalue weighted by Gasteiger charge is 2.03. The Bertz CT molecular complexity index is 326. The number of nitrogens with one attached hydrogen (secondary N) is 1. The molecule has 0 unspecified atom stereocenters. The van der Waals surface area contributed by atoms with Crippen LogP contribution < -0.4 is 5.32 Å². The van der Waals surface area contributed by atoms with E-state index in [2.05, 4.69) is 54.0 Å². The van der Waals surface area contributed by atoms with E-state index >= 15 is 0 Å². The van der Waals surface area contributed by atoms with Gasteiger partial charge in [-0.25, -0.2) is 0 Å². The van der Waals surface area contributed by atoms with E-state index < -0.39 is 0 Å². The second-order valence-electron chi connectivity index (χ2n) is 4.83. The molecule has 0 saturated carbocycles. The third-order valence-corrected chi connectivity index (χ3v) is 2.69. The van der Waals surface area contributed by atoms with Crippen molar-refractivity contribution >= 4 is 24.8 Å². The van der Waals surface area contributed by atoms with Gasteiger partial charge in [-0.05, 0) is 53.0 Å². The van der Waals surface area contributed by atoms with Crippen LogP contribution in [0.4, 0.5) is 0 Å². The summed E-state index contributed by atoms with van der Waals surface area (Å²) in [5, 5.41) is 7.98. The van der Waals surface area contributed by atoms with Crippen LogP contribution in [0.5, 0.6) is 0 Å². The molecule has 0 spiro atoms. The summed E-state index contributed by atoms with van der Waals surface area (Å²) in [4.78, 5) is 2.22. The summed E-state index contributed by atoms with van der Waals surface area (Å²) in [6, 6.07) is 2.18. The number of aromatic nitrogens is 2. The van der Waals surface area contributed by atoms with Gasteiger partial charge in [-0.3, -0.25) is 4.68 Å². The molecule has 0 aliphatic heterocycles. The highest BCUT2D eigenvalue weighted by Crippen LogP contribution is 2.04. The van der Waals surface area contributed by atoms with E-state index in [1.165, 1.54) is 12.1 Å². The molecule has 1 aromatic heterocycles. The minimum Gasteiger partial charge on any atom is -0.311 e. The Morgan fingerprint density at radius 3 is 2.58 bits per heavy atom. The minimum absolute atomic E-state index is 0. The lowest BCUT2D eigenvalue weighted by molar-refractivity contribution is 0.393. The fourth-order valence-corrected chi connectivity index (χ4v) is 1.88. The largest absolute Gasteiger partial charge is 0.311 e. The van der Waals surface area contributed by atoms with Gasteiger partial charge in [0.2, 0.25) is 0 Å². The van der Waals surface area contributed by atoms with Gasteiger partial charge < -0.3 is 10.2 Å². The molecule has 0 bridgehead atoms. The first-order valence-electron chi connectivity index (χ1n) is 6.52. The van der Waals surface area contributed by atoms with Crippen molar-refractivity contribution in [2.45, 2.75) is 39.8 Å². The Balaban J connectivity index is 0. The normalized spacial score (nSPS) is 10.2. The Kier molecular flexibility index (Phi) is 12.8. The molecule has 1 aromatic rings. The maximum atomic E-state index is 4.50. The van der Waals surface area contributed by atoms with Gasteiger partial charge in [0, 0.05) is 13.1 Å². The first-order chi connectivity index (χ1) is 8.13. The molecular weight excluding hydrogens is 283 g/mol. The fourth-order valence-electron chi connectivity index (χ4n) is 1.88. The molecule has 6 heteroatoms. The van der Waals surface area contributed by atoms with E-state index in [9.17, 15) is 0 Å². The van der Waals surface area contributed by atoms with E-state index in [1.807, 2.05) is 0 Å². The van der Waals surface area contributed by atoms with Crippen molar-refractivity contribution in [2.75, 3.05) is 27.2 Å². The molecular formula is C13H28Cl2N4. The molecule has 1 rings (SSSR count). The topological polar surface area (TPSA) is 33.1 Å². The van der Waals surface area contributed by atoms with Gasteiger partial charge >= 0.3 is 0 Å². The summed E-state index contributed by atoms with van der Waals surface area (Å²) >= 11 is 0. The van der Waals surface area contributed by atoms with Crippen molar-refractivity contribution in [3.63, 3.8) is 0 Å². The first-order valence-corrected chi connectivity index (χ1v) is 6.52. The fraction of sp³-hybridized carbons (Fsp3) is 0.769. The molecule has 0 aromatic carbocycles. The third-order valence-electron chi connectivity index (χ3n) is 2.69. The smallest absolute Gasteiger partial charge is 0.0597 e. The summed E-state index contributed by atoms with van der Waals surface area (Å²) in [7, 11) is 4.22. The number of halogens is 2. The Morgan fingerprint density at radius 1 is 1.32 bits per heavy atom. The van der Waals surface area contributed by atoms with Gasteiger partial charge in [0.05, 0.1) is 11.4 Å². The predicted octanol–water partition coefficient (Wildman–Crippen LogP) is 2.49. The number of hydrogen-bond acceptors (Lipinski definition) is 3. The Morgan fingerprint density at radius 2 is 2.00 bits per heavy atom. The van der Waals surface area contributed by atoms with E-state index in [4.69, 9.17) is 0 Å². The molecule has 1 heterocycles. The van der Waals surface area contributed by atoms with Crippen LogP contribution in [0.3, 0.4) is 0 Å². The summed E-state index contributed by atoms with van der Waals surface area (Å²) in [6.07, 6.45) is 2.32. The second-order valence-corrected chi connectivity index (χ2v) is 4.83. The van der Waals surface area contributed by atoms with Crippen molar-refractivity contribution in [1.29, 1.82) is 0 Å². The van der Waals surface area contributed by atoms with E-state index in [1.54, 1.807) is 0 Å². The Hall–Kier alpha value is -0.290. The van der Waals surface area contributed by atoms with Gasteiger partial charge in [0.25, 0.3) is 0 Å². The SMILES string of the molecule is CCCn1nc(C)cc1CNCCCN(C)C.Cl.Cl. The molecule has 114 valence electrons. The van der Waals surface area contributed by atoms with E-state index in [-0.39, 0.29) is 24.8 Å². The minimum atomic E-state index is 0. The summed E-state index contributed by atoms with van der Waals surface area (Å²) in [5.41, 5.74) is 2.41. The lowest BCUT2D eigenvalue weighted by atomic mass is 10.3. The van der Waals surface area contributed by atoms with E-state index in [0.717, 1.165) is 38.3 Å². The summed E-state index contributed by atoms with van der Waals surface area (Å²) in [5.74, 6) is 0. The van der Waals surface area contributed by atoms with Gasteiger partial charge in [-0.1, -0.05) is 6.92 Å². The van der Waals surface area contributed by atoms with Crippen molar-refractivity contribution < 1.29 is 0 Å². The molecule has 0 fully saturated rings. The van der Waals surface area contributed by atoms with Crippen molar-refractivity contribution in [3.05, 3.63) is 17.5 Å². The number of rotatable bonds is 8. The quantitative estimate of drug-likeness (QED) is 0.749. The van der Waals surface area contributed by atoms with Gasteiger partial charge in [0.15, 0.2) is 0 Å². The summed E-state index contributed by atoms with van der Waals surface area (Å²) in [6.45, 7) is 8.39. The number of aryl methyl sites for hydroxylation is 2. The number of hydrogen-bond donors (Lipinski definition) is 1. The highest BCUT2D eigenvalue weighted by atomic mass is 35.5. The predicted molar refractivity (Wildman–Crippen MR) is 86.6 cm³/mol. The van der Waals surface area contributed by atoms with Gasteiger partial charge in [0.1, 0.15) is 0 Å². The average molecular weight is 311 g/mol. The maximum absolute atomic E-state index is 4.50. The zero-order valence-corrected chi connectivity index (χ0v) is 14.1. The van der Waals surface area contributed by atoms with Crippen LogP contribution in [0.25, 0.3) is 0 Å². The number of nitrogens with zero attached hydrogens (tertiary/aromatic N) is 3. The van der Waals surface area contributed by atoms with Crippen LogP contribution >= 0.6 is 24.8 Å². The summed E-state index contributed by atoms with van der Waals surface area (Å²) < 4.78 is 2.12. The standard InChI is InChI=1S/C13H26N4.2ClH/c1-5-8-17-13(10-12(2)15-17)11-14-7-6-9-16(3)4;;/h10,14H,5-9,11H2,1-4H3;2*1H. The lowest BCUT2D eigenvalue weighted by Crippen LogP contribution is -2.22. The van der Waals surface area contributed by atoms with Crippen LogP contribution in [0, 0.1) is 6.92 Å². The van der Waals surface area contributed by atoms with Crippen molar-refractivity contribution in [2.24, 2.45) is 0 Å². The molecule has 0 aliphatic carbocycles. The molecule has 0 amide bonds. The highest BCUT2D eigenvalue weighted by molar-refractivity contribution is 5.85. The first kappa shape index (κ1) is 21.0. The molecule has 0 saturated heterocycles. The monoisotopic (exact) mass is 310 g/mol. The third kappa shape index (κ3) is 8.47. The average Bonchev–Trinajstić information content (AvgIpc) is 2.59. The van der Waals surface area contributed by atoms with Crippen LogP contribution in [0.2, 0.25) is 0 Å². The van der Waals surface area contributed by atoms with Crippen molar-refractivity contribution in [1.82, 2.24) is 20.0 Å². The molecule has 0 aliphatic rings. The van der Waals surface area contributed by atoms with Gasteiger partial charge in [-0.2, -0.15) is 5.10 Å². The second kappa shape index (κ2) is 11.5. The van der Waals surface area contributed by atoms with Crippen LogP contribution in [0.15, 0.2) is 6.07 Å². The van der Waals surface area contributed by atoms with Crippen LogP contribution in [0.1, 0.15) is 31.2 Å². The molecule has 0 atom stereocenters. The molecule has 4 nitrogen and oxygen atoms in total. The zero-order chi connectivity index (χ0) is 12.7.